The Kier molecular flexibility index (Phi) is 8.78. The number of carbonyl (C=O) groups is 3. The van der Waals surface area contributed by atoms with Crippen LogP contribution in [0.15, 0.2) is 0 Å². The van der Waals surface area contributed by atoms with Gasteiger partial charge in [-0.3, -0.25) is 4.79 Å². The number of amides is 2. The Balaban J connectivity index is 5.13. The van der Waals surface area contributed by atoms with Crippen molar-refractivity contribution in [1.29, 1.82) is 0 Å². The molecule has 3 atom stereocenters. The van der Waals surface area contributed by atoms with Crippen LogP contribution in [0.2, 0.25) is 0 Å². The van der Waals surface area contributed by atoms with Crippen molar-refractivity contribution >= 4 is 18.0 Å². The Bertz CT molecular complexity index is 443. The molecule has 3 unspecified atom stereocenters. The Morgan fingerprint density at radius 3 is 1.92 bits per heavy atom. The highest BCUT2D eigenvalue weighted by Crippen LogP contribution is 2.12. The first-order valence-electron chi connectivity index (χ1n) is 8.30. The van der Waals surface area contributed by atoms with Crippen LogP contribution in [-0.2, 0) is 19.1 Å². The van der Waals surface area contributed by atoms with E-state index < -0.39 is 35.7 Å². The number of ether oxygens (including phenoxy) is 2. The Hall–Kier alpha value is -1.79. The van der Waals surface area contributed by atoms with Gasteiger partial charge in [-0.2, -0.15) is 0 Å². The van der Waals surface area contributed by atoms with Crippen molar-refractivity contribution in [3.05, 3.63) is 0 Å². The first kappa shape index (κ1) is 22.2. The number of nitrogens with one attached hydrogen (secondary N) is 2. The van der Waals surface area contributed by atoms with E-state index in [-0.39, 0.29) is 11.8 Å². The fraction of sp³-hybridized carbons (Fsp3) is 0.824. The van der Waals surface area contributed by atoms with E-state index in [0.717, 1.165) is 0 Å². The largest absolute Gasteiger partial charge is 0.467 e. The molecule has 7 heteroatoms. The number of rotatable bonds is 7. The monoisotopic (exact) mass is 344 g/mol. The van der Waals surface area contributed by atoms with Crippen LogP contribution in [-0.4, -0.2) is 42.8 Å². The molecule has 0 fully saturated rings. The van der Waals surface area contributed by atoms with E-state index >= 15 is 0 Å². The second-order valence-electron chi connectivity index (χ2n) is 7.26. The molecular formula is C17H32N2O5. The second-order valence-corrected chi connectivity index (χ2v) is 7.26. The molecule has 0 saturated heterocycles. The highest BCUT2D eigenvalue weighted by Gasteiger charge is 2.32. The quantitative estimate of drug-likeness (QED) is 0.691. The predicted molar refractivity (Wildman–Crippen MR) is 91.4 cm³/mol. The van der Waals surface area contributed by atoms with Crippen LogP contribution in [0.3, 0.4) is 0 Å². The fourth-order valence-electron chi connectivity index (χ4n) is 2.00. The van der Waals surface area contributed by atoms with Gasteiger partial charge >= 0.3 is 12.1 Å². The Morgan fingerprint density at radius 1 is 1.00 bits per heavy atom. The maximum absolute atomic E-state index is 12.6. The molecule has 0 aromatic rings. The molecule has 0 bridgehead atoms. The number of esters is 1. The van der Waals surface area contributed by atoms with Crippen molar-refractivity contribution in [3.8, 4) is 0 Å². The van der Waals surface area contributed by atoms with Crippen molar-refractivity contribution in [1.82, 2.24) is 10.6 Å². The number of hydrogen-bond acceptors (Lipinski definition) is 5. The van der Waals surface area contributed by atoms with E-state index in [1.165, 1.54) is 7.11 Å². The maximum Gasteiger partial charge on any atom is 0.408 e. The lowest BCUT2D eigenvalue weighted by Crippen LogP contribution is -2.56. The number of hydrogen-bond donors (Lipinski definition) is 2. The summed E-state index contributed by atoms with van der Waals surface area (Å²) in [5.41, 5.74) is -0.660. The minimum absolute atomic E-state index is 0.122. The zero-order valence-corrected chi connectivity index (χ0v) is 16.1. The van der Waals surface area contributed by atoms with Crippen LogP contribution < -0.4 is 10.6 Å². The third-order valence-electron chi connectivity index (χ3n) is 3.59. The molecule has 0 spiro atoms. The third kappa shape index (κ3) is 7.66. The molecule has 0 aliphatic carbocycles. The van der Waals surface area contributed by atoms with Gasteiger partial charge in [-0.1, -0.05) is 34.1 Å². The van der Waals surface area contributed by atoms with Gasteiger partial charge in [0.25, 0.3) is 0 Å². The number of carbonyl (C=O) groups excluding carboxylic acids is 3. The average molecular weight is 344 g/mol. The summed E-state index contributed by atoms with van der Waals surface area (Å²) in [5.74, 6) is -1.21. The van der Waals surface area contributed by atoms with Gasteiger partial charge in [0.1, 0.15) is 17.7 Å². The van der Waals surface area contributed by atoms with Crippen LogP contribution in [0.5, 0.6) is 0 Å². The molecule has 0 aliphatic rings. The third-order valence-corrected chi connectivity index (χ3v) is 3.59. The second kappa shape index (κ2) is 9.49. The summed E-state index contributed by atoms with van der Waals surface area (Å²) in [4.78, 5) is 36.4. The molecule has 0 heterocycles. The number of methoxy groups -OCH3 is 1. The molecule has 0 aromatic heterocycles. The van der Waals surface area contributed by atoms with Crippen LogP contribution in [0.4, 0.5) is 4.79 Å². The average Bonchev–Trinajstić information content (AvgIpc) is 2.46. The smallest absolute Gasteiger partial charge is 0.408 e. The van der Waals surface area contributed by atoms with E-state index in [2.05, 4.69) is 10.6 Å². The summed E-state index contributed by atoms with van der Waals surface area (Å²) < 4.78 is 9.93. The minimum atomic E-state index is -0.796. The van der Waals surface area contributed by atoms with Gasteiger partial charge in [-0.05, 0) is 32.6 Å². The molecule has 0 rings (SSSR count). The highest BCUT2D eigenvalue weighted by atomic mass is 16.6. The zero-order chi connectivity index (χ0) is 19.1. The van der Waals surface area contributed by atoms with Gasteiger partial charge in [-0.15, -0.1) is 0 Å². The molecule has 7 nitrogen and oxygen atoms in total. The molecule has 24 heavy (non-hydrogen) atoms. The molecule has 140 valence electrons. The summed E-state index contributed by atoms with van der Waals surface area (Å²) in [7, 11) is 1.27. The Morgan fingerprint density at radius 2 is 1.54 bits per heavy atom. The molecule has 2 amide bonds. The highest BCUT2D eigenvalue weighted by molar-refractivity contribution is 5.90. The molecule has 0 aromatic carbocycles. The van der Waals surface area contributed by atoms with Crippen LogP contribution in [0.1, 0.15) is 54.9 Å². The van der Waals surface area contributed by atoms with Crippen LogP contribution in [0, 0.1) is 11.8 Å². The predicted octanol–water partition coefficient (Wildman–Crippen LogP) is 2.24. The van der Waals surface area contributed by atoms with Crippen LogP contribution in [0.25, 0.3) is 0 Å². The van der Waals surface area contributed by atoms with Gasteiger partial charge in [0.2, 0.25) is 5.91 Å². The van der Waals surface area contributed by atoms with Crippen molar-refractivity contribution in [2.75, 3.05) is 7.11 Å². The van der Waals surface area contributed by atoms with E-state index in [4.69, 9.17) is 9.47 Å². The molecular weight excluding hydrogens is 312 g/mol. The molecule has 0 radical (unpaired) electrons. The normalized spacial score (nSPS) is 15.2. The maximum atomic E-state index is 12.6. The lowest BCUT2D eigenvalue weighted by Gasteiger charge is -2.28. The van der Waals surface area contributed by atoms with Gasteiger partial charge in [0.15, 0.2) is 0 Å². The SMILES string of the molecule is CCC(C)C(NC(=O)OC(C)(C)C)C(=O)NC(C(=O)OC)C(C)C. The topological polar surface area (TPSA) is 93.7 Å². The summed E-state index contributed by atoms with van der Waals surface area (Å²) in [6.45, 7) is 12.6. The number of alkyl carbamates (subject to hydrolysis) is 1. The van der Waals surface area contributed by atoms with E-state index in [1.807, 2.05) is 13.8 Å². The van der Waals surface area contributed by atoms with Crippen molar-refractivity contribution in [3.63, 3.8) is 0 Å². The van der Waals surface area contributed by atoms with Gasteiger partial charge in [0, 0.05) is 0 Å². The molecule has 0 aliphatic heterocycles. The van der Waals surface area contributed by atoms with E-state index in [0.29, 0.717) is 6.42 Å². The van der Waals surface area contributed by atoms with Crippen LogP contribution >= 0.6 is 0 Å². The van der Waals surface area contributed by atoms with E-state index in [9.17, 15) is 14.4 Å². The van der Waals surface area contributed by atoms with Crippen molar-refractivity contribution in [2.45, 2.75) is 72.6 Å². The first-order valence-corrected chi connectivity index (χ1v) is 8.30. The standard InChI is InChI=1S/C17H32N2O5/c1-9-11(4)13(19-16(22)24-17(5,6)7)14(20)18-12(10(2)3)15(21)23-8/h10-13H,9H2,1-8H3,(H,18,20)(H,19,22). The first-order chi connectivity index (χ1) is 10.9. The van der Waals surface area contributed by atoms with Gasteiger partial charge < -0.3 is 20.1 Å². The summed E-state index contributed by atoms with van der Waals surface area (Å²) in [6, 6.07) is -1.56. The van der Waals surface area contributed by atoms with Crippen molar-refractivity contribution < 1.29 is 23.9 Å². The van der Waals surface area contributed by atoms with Gasteiger partial charge in [0.05, 0.1) is 7.11 Å². The minimum Gasteiger partial charge on any atom is -0.467 e. The Labute approximate surface area is 144 Å². The summed E-state index contributed by atoms with van der Waals surface area (Å²) >= 11 is 0. The lowest BCUT2D eigenvalue weighted by atomic mass is 9.97. The fourth-order valence-corrected chi connectivity index (χ4v) is 2.00. The zero-order valence-electron chi connectivity index (χ0n) is 16.1. The summed E-state index contributed by atoms with van der Waals surface area (Å²) in [5, 5.41) is 5.27. The lowest BCUT2D eigenvalue weighted by molar-refractivity contribution is -0.146. The van der Waals surface area contributed by atoms with Gasteiger partial charge in [-0.25, -0.2) is 9.59 Å². The molecule has 0 saturated carbocycles. The molecule has 2 N–H and O–H groups in total. The van der Waals surface area contributed by atoms with E-state index in [1.54, 1.807) is 34.6 Å². The summed E-state index contributed by atoms with van der Waals surface area (Å²) in [6.07, 6.45) is 0.0143. The van der Waals surface area contributed by atoms with Crippen molar-refractivity contribution in [2.24, 2.45) is 11.8 Å².